The van der Waals surface area contributed by atoms with E-state index in [0.717, 1.165) is 49.7 Å². The van der Waals surface area contributed by atoms with Gasteiger partial charge >= 0.3 is 0 Å². The van der Waals surface area contributed by atoms with Crippen LogP contribution in [0.5, 0.6) is 0 Å². The molecule has 1 saturated heterocycles. The van der Waals surface area contributed by atoms with E-state index in [2.05, 4.69) is 40.7 Å². The molecule has 0 unspecified atom stereocenters. The third kappa shape index (κ3) is 3.07. The van der Waals surface area contributed by atoms with Gasteiger partial charge in [0.2, 0.25) is 0 Å². The zero-order valence-corrected chi connectivity index (χ0v) is 12.4. The van der Waals surface area contributed by atoms with Crippen LogP contribution in [0.4, 0.5) is 0 Å². The molecule has 110 valence electrons. The van der Waals surface area contributed by atoms with E-state index in [1.165, 1.54) is 5.56 Å². The van der Waals surface area contributed by atoms with Gasteiger partial charge in [-0.3, -0.25) is 4.90 Å². The van der Waals surface area contributed by atoms with Gasteiger partial charge < -0.3 is 9.30 Å². The molecule has 1 aliphatic heterocycles. The van der Waals surface area contributed by atoms with Crippen molar-refractivity contribution in [2.45, 2.75) is 26.4 Å². The van der Waals surface area contributed by atoms with Crippen molar-refractivity contribution in [3.63, 3.8) is 0 Å². The lowest BCUT2D eigenvalue weighted by molar-refractivity contribution is 0.0326. The summed E-state index contributed by atoms with van der Waals surface area (Å²) in [5.74, 6) is 1.05. The molecule has 3 rings (SSSR count). The largest absolute Gasteiger partial charge is 0.379 e. The fraction of sp³-hybridized carbons (Fsp3) is 0.500. The fourth-order valence-electron chi connectivity index (χ4n) is 2.78. The summed E-state index contributed by atoms with van der Waals surface area (Å²) in [6.07, 6.45) is 0.509. The highest BCUT2D eigenvalue weighted by molar-refractivity contribution is 5.76. The van der Waals surface area contributed by atoms with Gasteiger partial charge in [0, 0.05) is 19.6 Å². The SMILES string of the molecule is Cc1ccc2c(c1)nc(CN1CCOCC1)n2CCC#N. The lowest BCUT2D eigenvalue weighted by atomic mass is 10.2. The Balaban J connectivity index is 1.92. The molecule has 1 aliphatic rings. The number of imidazole rings is 1. The number of hydrogen-bond acceptors (Lipinski definition) is 4. The van der Waals surface area contributed by atoms with E-state index < -0.39 is 0 Å². The second-order valence-corrected chi connectivity index (χ2v) is 5.47. The second kappa shape index (κ2) is 6.25. The number of nitriles is 1. The predicted molar refractivity (Wildman–Crippen MR) is 80.8 cm³/mol. The van der Waals surface area contributed by atoms with Gasteiger partial charge in [-0.1, -0.05) is 6.07 Å². The van der Waals surface area contributed by atoms with E-state index in [1.54, 1.807) is 0 Å². The summed E-state index contributed by atoms with van der Waals surface area (Å²) >= 11 is 0. The molecule has 0 amide bonds. The first kappa shape index (κ1) is 14.1. The topological polar surface area (TPSA) is 54.1 Å². The standard InChI is InChI=1S/C16H20N4O/c1-13-3-4-15-14(11-13)18-16(20(15)6-2-5-17)12-19-7-9-21-10-8-19/h3-4,11H,2,6-10,12H2,1H3. The Hall–Kier alpha value is -1.90. The van der Waals surface area contributed by atoms with Crippen molar-refractivity contribution in [2.75, 3.05) is 26.3 Å². The van der Waals surface area contributed by atoms with Crippen molar-refractivity contribution in [3.8, 4) is 6.07 Å². The summed E-state index contributed by atoms with van der Waals surface area (Å²) in [4.78, 5) is 7.15. The Kier molecular flexibility index (Phi) is 4.18. The van der Waals surface area contributed by atoms with Crippen LogP contribution in [0.1, 0.15) is 17.8 Å². The average molecular weight is 284 g/mol. The number of fused-ring (bicyclic) bond motifs is 1. The van der Waals surface area contributed by atoms with Crippen LogP contribution in [0.3, 0.4) is 0 Å². The molecule has 2 aromatic rings. The van der Waals surface area contributed by atoms with Gasteiger partial charge in [0.05, 0.1) is 43.3 Å². The molecule has 1 fully saturated rings. The molecule has 0 saturated carbocycles. The van der Waals surface area contributed by atoms with E-state index in [0.29, 0.717) is 13.0 Å². The molecule has 0 spiro atoms. The monoisotopic (exact) mass is 284 g/mol. The van der Waals surface area contributed by atoms with Crippen molar-refractivity contribution >= 4 is 11.0 Å². The van der Waals surface area contributed by atoms with Crippen LogP contribution in [0, 0.1) is 18.3 Å². The van der Waals surface area contributed by atoms with Crippen molar-refractivity contribution in [1.82, 2.24) is 14.5 Å². The Morgan fingerprint density at radius 2 is 2.14 bits per heavy atom. The highest BCUT2D eigenvalue weighted by atomic mass is 16.5. The van der Waals surface area contributed by atoms with Crippen molar-refractivity contribution in [3.05, 3.63) is 29.6 Å². The zero-order chi connectivity index (χ0) is 14.7. The number of hydrogen-bond donors (Lipinski definition) is 0. The third-order valence-corrected chi connectivity index (χ3v) is 3.90. The second-order valence-electron chi connectivity index (χ2n) is 5.47. The van der Waals surface area contributed by atoms with Crippen LogP contribution < -0.4 is 0 Å². The predicted octanol–water partition coefficient (Wildman–Crippen LogP) is 2.09. The first-order valence-electron chi connectivity index (χ1n) is 7.41. The fourth-order valence-corrected chi connectivity index (χ4v) is 2.78. The van der Waals surface area contributed by atoms with E-state index in [4.69, 9.17) is 15.0 Å². The number of ether oxygens (including phenoxy) is 1. The van der Waals surface area contributed by atoms with Crippen LogP contribution in [0.25, 0.3) is 11.0 Å². The molecule has 5 nitrogen and oxygen atoms in total. The summed E-state index contributed by atoms with van der Waals surface area (Å²) in [6, 6.07) is 8.55. The number of aromatic nitrogens is 2. The Labute approximate surface area is 124 Å². The Morgan fingerprint density at radius 3 is 2.90 bits per heavy atom. The smallest absolute Gasteiger partial charge is 0.124 e. The quantitative estimate of drug-likeness (QED) is 0.862. The van der Waals surface area contributed by atoms with Crippen LogP contribution in [0.15, 0.2) is 18.2 Å². The van der Waals surface area contributed by atoms with E-state index in [9.17, 15) is 0 Å². The summed E-state index contributed by atoms with van der Waals surface area (Å²) < 4.78 is 7.58. The normalized spacial score (nSPS) is 16.2. The maximum Gasteiger partial charge on any atom is 0.124 e. The minimum atomic E-state index is 0.509. The minimum Gasteiger partial charge on any atom is -0.379 e. The molecule has 0 bridgehead atoms. The number of benzene rings is 1. The van der Waals surface area contributed by atoms with Crippen LogP contribution in [0.2, 0.25) is 0 Å². The summed E-state index contributed by atoms with van der Waals surface area (Å²) in [6.45, 7) is 7.07. The first-order chi connectivity index (χ1) is 10.3. The average Bonchev–Trinajstić information content (AvgIpc) is 2.82. The molecule has 0 N–H and O–H groups in total. The molecule has 0 radical (unpaired) electrons. The maximum atomic E-state index is 8.88. The summed E-state index contributed by atoms with van der Waals surface area (Å²) in [5, 5.41) is 8.88. The molecule has 21 heavy (non-hydrogen) atoms. The van der Waals surface area contributed by atoms with Gasteiger partial charge in [-0.05, 0) is 24.6 Å². The molecule has 1 aromatic heterocycles. The zero-order valence-electron chi connectivity index (χ0n) is 12.4. The molecule has 5 heteroatoms. The van der Waals surface area contributed by atoms with Crippen LogP contribution in [-0.2, 0) is 17.8 Å². The van der Waals surface area contributed by atoms with Gasteiger partial charge in [-0.15, -0.1) is 0 Å². The third-order valence-electron chi connectivity index (χ3n) is 3.90. The maximum absolute atomic E-state index is 8.88. The number of aryl methyl sites for hydroxylation is 2. The highest BCUT2D eigenvalue weighted by Gasteiger charge is 2.16. The van der Waals surface area contributed by atoms with Crippen molar-refractivity contribution in [1.29, 1.82) is 5.26 Å². The van der Waals surface area contributed by atoms with Gasteiger partial charge in [-0.25, -0.2) is 4.98 Å². The van der Waals surface area contributed by atoms with Crippen molar-refractivity contribution < 1.29 is 4.74 Å². The molecule has 0 atom stereocenters. The van der Waals surface area contributed by atoms with Gasteiger partial charge in [-0.2, -0.15) is 5.26 Å². The lowest BCUT2D eigenvalue weighted by Gasteiger charge is -2.26. The lowest BCUT2D eigenvalue weighted by Crippen LogP contribution is -2.36. The van der Waals surface area contributed by atoms with E-state index in [1.807, 2.05) is 0 Å². The Morgan fingerprint density at radius 1 is 1.33 bits per heavy atom. The van der Waals surface area contributed by atoms with E-state index in [-0.39, 0.29) is 0 Å². The van der Waals surface area contributed by atoms with Crippen molar-refractivity contribution in [2.24, 2.45) is 0 Å². The molecule has 1 aromatic carbocycles. The molecule has 2 heterocycles. The van der Waals surface area contributed by atoms with Gasteiger partial charge in [0.1, 0.15) is 5.82 Å². The molecular weight excluding hydrogens is 264 g/mol. The molecular formula is C16H20N4O. The van der Waals surface area contributed by atoms with Crippen LogP contribution in [-0.4, -0.2) is 40.8 Å². The minimum absolute atomic E-state index is 0.509. The summed E-state index contributed by atoms with van der Waals surface area (Å²) in [5.41, 5.74) is 3.36. The highest BCUT2D eigenvalue weighted by Crippen LogP contribution is 2.19. The van der Waals surface area contributed by atoms with E-state index >= 15 is 0 Å². The number of morpholine rings is 1. The number of nitrogens with zero attached hydrogens (tertiary/aromatic N) is 4. The van der Waals surface area contributed by atoms with Gasteiger partial charge in [0.25, 0.3) is 0 Å². The summed E-state index contributed by atoms with van der Waals surface area (Å²) in [7, 11) is 0. The first-order valence-corrected chi connectivity index (χ1v) is 7.41. The molecule has 0 aliphatic carbocycles. The number of rotatable bonds is 4. The van der Waals surface area contributed by atoms with Crippen LogP contribution >= 0.6 is 0 Å². The Bertz CT molecular complexity index is 665. The van der Waals surface area contributed by atoms with Gasteiger partial charge in [0.15, 0.2) is 0 Å².